The topological polar surface area (TPSA) is 83.0 Å². The van der Waals surface area contributed by atoms with E-state index in [1.165, 1.54) is 18.2 Å². The number of nitrogens with zero attached hydrogens (tertiary/aromatic N) is 1. The van der Waals surface area contributed by atoms with Crippen LogP contribution in [0.3, 0.4) is 0 Å². The smallest absolute Gasteiger partial charge is 0.335 e. The van der Waals surface area contributed by atoms with E-state index in [0.717, 1.165) is 10.0 Å². The Hall–Kier alpha value is -2.47. The van der Waals surface area contributed by atoms with Crippen LogP contribution in [-0.2, 0) is 6.42 Å². The van der Waals surface area contributed by atoms with Crippen LogP contribution >= 0.6 is 15.9 Å². The molecule has 2 aromatic carbocycles. The second kappa shape index (κ2) is 5.73. The van der Waals surface area contributed by atoms with Gasteiger partial charge in [-0.1, -0.05) is 28.1 Å². The van der Waals surface area contributed by atoms with Crippen LogP contribution in [0.4, 0.5) is 0 Å². The predicted octanol–water partition coefficient (Wildman–Crippen LogP) is 2.97. The Morgan fingerprint density at radius 3 is 2.77 bits per heavy atom. The molecule has 0 bridgehead atoms. The maximum absolute atomic E-state index is 12.1. The maximum Gasteiger partial charge on any atom is 0.335 e. The molecule has 0 radical (unpaired) electrons. The molecule has 6 heteroatoms. The first-order chi connectivity index (χ1) is 10.5. The average molecular weight is 359 g/mol. The molecular formula is C16H11BrN2O3. The predicted molar refractivity (Wildman–Crippen MR) is 86.3 cm³/mol. The number of carboxylic acids is 1. The number of fused-ring (bicyclic) bond motifs is 1. The lowest BCUT2D eigenvalue weighted by Gasteiger charge is -2.05. The molecule has 0 atom stereocenters. The lowest BCUT2D eigenvalue weighted by atomic mass is 10.1. The van der Waals surface area contributed by atoms with Crippen molar-refractivity contribution in [1.82, 2.24) is 9.97 Å². The van der Waals surface area contributed by atoms with Gasteiger partial charge in [-0.15, -0.1) is 0 Å². The van der Waals surface area contributed by atoms with E-state index in [1.54, 1.807) is 0 Å². The number of carbonyl (C=O) groups is 1. The van der Waals surface area contributed by atoms with Crippen molar-refractivity contribution in [1.29, 1.82) is 0 Å². The first-order valence-corrected chi connectivity index (χ1v) is 7.33. The summed E-state index contributed by atoms with van der Waals surface area (Å²) in [5, 5.41) is 9.41. The first-order valence-electron chi connectivity index (χ1n) is 6.53. The van der Waals surface area contributed by atoms with E-state index in [1.807, 2.05) is 24.3 Å². The largest absolute Gasteiger partial charge is 0.478 e. The third-order valence-corrected chi connectivity index (χ3v) is 3.76. The van der Waals surface area contributed by atoms with Crippen molar-refractivity contribution in [2.45, 2.75) is 6.42 Å². The molecule has 0 fully saturated rings. The Kier molecular flexibility index (Phi) is 3.77. The molecular weight excluding hydrogens is 348 g/mol. The third-order valence-electron chi connectivity index (χ3n) is 3.26. The molecule has 2 N–H and O–H groups in total. The van der Waals surface area contributed by atoms with Gasteiger partial charge in [0, 0.05) is 10.9 Å². The highest BCUT2D eigenvalue weighted by molar-refractivity contribution is 9.10. The normalized spacial score (nSPS) is 10.8. The Labute approximate surface area is 133 Å². The highest BCUT2D eigenvalue weighted by Gasteiger charge is 2.09. The Morgan fingerprint density at radius 1 is 1.23 bits per heavy atom. The highest BCUT2D eigenvalue weighted by atomic mass is 79.9. The molecule has 0 saturated heterocycles. The summed E-state index contributed by atoms with van der Waals surface area (Å²) in [6.45, 7) is 0. The number of rotatable bonds is 3. The average Bonchev–Trinajstić information content (AvgIpc) is 2.46. The van der Waals surface area contributed by atoms with Gasteiger partial charge in [-0.2, -0.15) is 0 Å². The quantitative estimate of drug-likeness (QED) is 0.753. The standard InChI is InChI=1S/C16H11BrN2O3/c17-11-3-1-2-9(6-11)7-14-18-13-8-10(16(21)22)4-5-12(13)15(20)19-14/h1-6,8H,7H2,(H,21,22)(H,18,19,20). The molecule has 1 heterocycles. The lowest BCUT2D eigenvalue weighted by Crippen LogP contribution is -2.13. The second-order valence-electron chi connectivity index (χ2n) is 4.86. The molecule has 0 aliphatic heterocycles. The van der Waals surface area contributed by atoms with Gasteiger partial charge in [0.05, 0.1) is 16.5 Å². The number of halogens is 1. The number of hydrogen-bond donors (Lipinski definition) is 2. The highest BCUT2D eigenvalue weighted by Crippen LogP contribution is 2.15. The molecule has 22 heavy (non-hydrogen) atoms. The van der Waals surface area contributed by atoms with Gasteiger partial charge in [-0.3, -0.25) is 4.79 Å². The van der Waals surface area contributed by atoms with Gasteiger partial charge in [0.1, 0.15) is 5.82 Å². The third kappa shape index (κ3) is 2.92. The zero-order valence-electron chi connectivity index (χ0n) is 11.3. The SMILES string of the molecule is O=C(O)c1ccc2c(=O)[nH]c(Cc3cccc(Br)c3)nc2c1. The number of aromatic carboxylic acids is 1. The van der Waals surface area contributed by atoms with Crippen molar-refractivity contribution in [2.24, 2.45) is 0 Å². The van der Waals surface area contributed by atoms with Crippen molar-refractivity contribution < 1.29 is 9.90 Å². The number of hydrogen-bond acceptors (Lipinski definition) is 3. The zero-order chi connectivity index (χ0) is 15.7. The van der Waals surface area contributed by atoms with Gasteiger partial charge in [-0.05, 0) is 35.9 Å². The fourth-order valence-electron chi connectivity index (χ4n) is 2.24. The van der Waals surface area contributed by atoms with Crippen molar-refractivity contribution >= 4 is 32.8 Å². The van der Waals surface area contributed by atoms with Gasteiger partial charge in [0.25, 0.3) is 5.56 Å². The Morgan fingerprint density at radius 2 is 2.05 bits per heavy atom. The van der Waals surface area contributed by atoms with Crippen molar-refractivity contribution in [3.05, 3.63) is 74.2 Å². The Balaban J connectivity index is 2.07. The van der Waals surface area contributed by atoms with Crippen LogP contribution < -0.4 is 5.56 Å². The second-order valence-corrected chi connectivity index (χ2v) is 5.77. The van der Waals surface area contributed by atoms with Crippen LogP contribution in [0.2, 0.25) is 0 Å². The summed E-state index contributed by atoms with van der Waals surface area (Å²) >= 11 is 3.40. The summed E-state index contributed by atoms with van der Waals surface area (Å²) in [7, 11) is 0. The minimum Gasteiger partial charge on any atom is -0.478 e. The van der Waals surface area contributed by atoms with Crippen LogP contribution in [0, 0.1) is 0 Å². The number of H-pyrrole nitrogens is 1. The van der Waals surface area contributed by atoms with E-state index in [-0.39, 0.29) is 11.1 Å². The van der Waals surface area contributed by atoms with Gasteiger partial charge >= 0.3 is 5.97 Å². The molecule has 0 unspecified atom stereocenters. The molecule has 0 spiro atoms. The van der Waals surface area contributed by atoms with E-state index in [4.69, 9.17) is 5.11 Å². The molecule has 110 valence electrons. The van der Waals surface area contributed by atoms with Crippen LogP contribution in [0.15, 0.2) is 51.7 Å². The van der Waals surface area contributed by atoms with Crippen molar-refractivity contribution in [3.8, 4) is 0 Å². The van der Waals surface area contributed by atoms with E-state index in [9.17, 15) is 9.59 Å². The van der Waals surface area contributed by atoms with E-state index in [0.29, 0.717) is 23.1 Å². The number of benzene rings is 2. The van der Waals surface area contributed by atoms with Crippen molar-refractivity contribution in [3.63, 3.8) is 0 Å². The van der Waals surface area contributed by atoms with E-state index in [2.05, 4.69) is 25.9 Å². The fraction of sp³-hybridized carbons (Fsp3) is 0.0625. The fourth-order valence-corrected chi connectivity index (χ4v) is 2.69. The maximum atomic E-state index is 12.1. The molecule has 0 amide bonds. The van der Waals surface area contributed by atoms with Crippen LogP contribution in [0.1, 0.15) is 21.7 Å². The number of aromatic nitrogens is 2. The summed E-state index contributed by atoms with van der Waals surface area (Å²) in [6, 6.07) is 12.0. The molecule has 0 saturated carbocycles. The zero-order valence-corrected chi connectivity index (χ0v) is 12.9. The van der Waals surface area contributed by atoms with Gasteiger partial charge < -0.3 is 10.1 Å². The van der Waals surface area contributed by atoms with Crippen LogP contribution in [-0.4, -0.2) is 21.0 Å². The lowest BCUT2D eigenvalue weighted by molar-refractivity contribution is 0.0697. The van der Waals surface area contributed by atoms with Gasteiger partial charge in [0.15, 0.2) is 0 Å². The molecule has 1 aromatic heterocycles. The van der Waals surface area contributed by atoms with Gasteiger partial charge in [-0.25, -0.2) is 9.78 Å². The summed E-state index contributed by atoms with van der Waals surface area (Å²) < 4.78 is 0.946. The minimum atomic E-state index is -1.04. The Bertz CT molecular complexity index is 934. The number of nitrogens with one attached hydrogen (secondary N) is 1. The molecule has 5 nitrogen and oxygen atoms in total. The summed E-state index contributed by atoms with van der Waals surface area (Å²) in [5.41, 5.74) is 1.21. The monoisotopic (exact) mass is 358 g/mol. The number of aromatic amines is 1. The van der Waals surface area contributed by atoms with Crippen LogP contribution in [0.25, 0.3) is 10.9 Å². The summed E-state index contributed by atoms with van der Waals surface area (Å²) in [5.74, 6) is -0.546. The van der Waals surface area contributed by atoms with Crippen molar-refractivity contribution in [2.75, 3.05) is 0 Å². The molecule has 3 rings (SSSR count). The minimum absolute atomic E-state index is 0.110. The van der Waals surface area contributed by atoms with E-state index >= 15 is 0 Å². The van der Waals surface area contributed by atoms with E-state index < -0.39 is 5.97 Å². The first kappa shape index (κ1) is 14.5. The summed E-state index contributed by atoms with van der Waals surface area (Å²) in [4.78, 5) is 30.2. The van der Waals surface area contributed by atoms with Gasteiger partial charge in [0.2, 0.25) is 0 Å². The summed E-state index contributed by atoms with van der Waals surface area (Å²) in [6.07, 6.45) is 0.460. The molecule has 3 aromatic rings. The molecule has 0 aliphatic carbocycles. The molecule has 0 aliphatic rings. The van der Waals surface area contributed by atoms with Crippen LogP contribution in [0.5, 0.6) is 0 Å². The number of carboxylic acid groups (broad SMARTS) is 1.